The second kappa shape index (κ2) is 4.47. The van der Waals surface area contributed by atoms with Gasteiger partial charge in [0.1, 0.15) is 5.78 Å². The van der Waals surface area contributed by atoms with Gasteiger partial charge in [-0.25, -0.2) is 0 Å². The van der Waals surface area contributed by atoms with Crippen LogP contribution in [-0.4, -0.2) is 33.3 Å². The van der Waals surface area contributed by atoms with Gasteiger partial charge in [-0.15, -0.1) is 0 Å². The van der Waals surface area contributed by atoms with Crippen molar-refractivity contribution in [2.75, 3.05) is 5.75 Å². The highest BCUT2D eigenvalue weighted by molar-refractivity contribution is 7.81. The van der Waals surface area contributed by atoms with Gasteiger partial charge in [-0.1, -0.05) is 0 Å². The van der Waals surface area contributed by atoms with Gasteiger partial charge in [0.25, 0.3) is 0 Å². The van der Waals surface area contributed by atoms with Crippen molar-refractivity contribution < 1.29 is 19.8 Å². The summed E-state index contributed by atoms with van der Waals surface area (Å²) in [7, 11) is 0. The number of carbonyl (C=O) groups excluding carboxylic acids is 1. The third-order valence-electron chi connectivity index (χ3n) is 1.29. The maximum Gasteiger partial charge on any atom is 0.306 e. The maximum atomic E-state index is 10.8. The lowest BCUT2D eigenvalue weighted by Crippen LogP contribution is -2.31. The van der Waals surface area contributed by atoms with E-state index in [4.69, 9.17) is 5.11 Å². The molecule has 5 heteroatoms. The summed E-state index contributed by atoms with van der Waals surface area (Å²) in [4.78, 5) is 21.0. The average molecular weight is 192 g/mol. The lowest BCUT2D eigenvalue weighted by atomic mass is 9.96. The average Bonchev–Trinajstić information content (AvgIpc) is 1.83. The lowest BCUT2D eigenvalue weighted by molar-refractivity contribution is -0.142. The van der Waals surface area contributed by atoms with E-state index in [1.54, 1.807) is 0 Å². The Labute approximate surface area is 76.0 Å². The van der Waals surface area contributed by atoms with Crippen molar-refractivity contribution in [3.63, 3.8) is 0 Å². The fourth-order valence-electron chi connectivity index (χ4n) is 0.869. The van der Waals surface area contributed by atoms with Crippen LogP contribution in [0.3, 0.4) is 0 Å². The van der Waals surface area contributed by atoms with E-state index < -0.39 is 18.0 Å². The molecule has 0 saturated heterocycles. The van der Waals surface area contributed by atoms with E-state index in [1.807, 2.05) is 0 Å². The van der Waals surface area contributed by atoms with Gasteiger partial charge in [0.2, 0.25) is 0 Å². The molecule has 70 valence electrons. The molecule has 0 aromatic heterocycles. The summed E-state index contributed by atoms with van der Waals surface area (Å²) in [5.41, 5.74) is -1.45. The minimum absolute atomic E-state index is 0.0236. The molecule has 12 heavy (non-hydrogen) atoms. The quantitative estimate of drug-likeness (QED) is 0.540. The monoisotopic (exact) mass is 192 g/mol. The molecule has 0 aliphatic heterocycles. The van der Waals surface area contributed by atoms with Gasteiger partial charge in [0, 0.05) is 12.2 Å². The molecule has 0 aromatic carbocycles. The number of carbonyl (C=O) groups is 2. The number of rotatable bonds is 5. The maximum absolute atomic E-state index is 10.8. The molecule has 0 bridgehead atoms. The van der Waals surface area contributed by atoms with Gasteiger partial charge < -0.3 is 10.2 Å². The fraction of sp³-hybridized carbons (Fsp3) is 0.714. The Balaban J connectivity index is 4.03. The van der Waals surface area contributed by atoms with Crippen LogP contribution in [0.15, 0.2) is 0 Å². The van der Waals surface area contributed by atoms with E-state index in [0.717, 1.165) is 0 Å². The Morgan fingerprint density at radius 2 is 1.92 bits per heavy atom. The van der Waals surface area contributed by atoms with Crippen molar-refractivity contribution in [2.45, 2.75) is 25.4 Å². The van der Waals surface area contributed by atoms with Crippen LogP contribution in [0, 0.1) is 0 Å². The molecule has 1 atom stereocenters. The molecule has 0 amide bonds. The van der Waals surface area contributed by atoms with Gasteiger partial charge in [-0.2, -0.15) is 12.6 Å². The highest BCUT2D eigenvalue weighted by Crippen LogP contribution is 2.14. The number of carboxylic acid groups (broad SMARTS) is 1. The molecule has 0 aliphatic carbocycles. The zero-order valence-corrected chi connectivity index (χ0v) is 7.67. The minimum Gasteiger partial charge on any atom is -0.481 e. The van der Waals surface area contributed by atoms with Crippen LogP contribution in [0.5, 0.6) is 0 Å². The number of ketones is 1. The number of hydrogen-bond donors (Lipinski definition) is 3. The van der Waals surface area contributed by atoms with Crippen LogP contribution in [0.2, 0.25) is 0 Å². The number of carboxylic acids is 1. The Hall–Kier alpha value is -0.550. The number of aliphatic hydroxyl groups is 1. The smallest absolute Gasteiger partial charge is 0.306 e. The van der Waals surface area contributed by atoms with Crippen LogP contribution in [0.4, 0.5) is 0 Å². The van der Waals surface area contributed by atoms with E-state index in [0.29, 0.717) is 0 Å². The second-order valence-corrected chi connectivity index (χ2v) is 3.26. The van der Waals surface area contributed by atoms with Crippen LogP contribution in [-0.2, 0) is 9.59 Å². The van der Waals surface area contributed by atoms with Crippen molar-refractivity contribution in [2.24, 2.45) is 0 Å². The van der Waals surface area contributed by atoms with E-state index in [1.165, 1.54) is 6.92 Å². The Kier molecular flexibility index (Phi) is 4.26. The van der Waals surface area contributed by atoms with E-state index in [9.17, 15) is 14.7 Å². The third kappa shape index (κ3) is 5.15. The molecule has 0 spiro atoms. The molecule has 0 aliphatic rings. The van der Waals surface area contributed by atoms with Gasteiger partial charge in [-0.3, -0.25) is 9.59 Å². The van der Waals surface area contributed by atoms with E-state index >= 15 is 0 Å². The molecular weight excluding hydrogens is 180 g/mol. The highest BCUT2D eigenvalue weighted by atomic mass is 32.1. The van der Waals surface area contributed by atoms with Crippen molar-refractivity contribution in [1.82, 2.24) is 0 Å². The fourth-order valence-corrected chi connectivity index (χ4v) is 0.981. The van der Waals surface area contributed by atoms with Gasteiger partial charge in [0.15, 0.2) is 0 Å². The van der Waals surface area contributed by atoms with Gasteiger partial charge >= 0.3 is 5.97 Å². The number of aliphatic carboxylic acids is 1. The number of Topliss-reactive ketones (excluding diaryl/α,β-unsaturated/α-hetero) is 1. The molecule has 0 unspecified atom stereocenters. The van der Waals surface area contributed by atoms with E-state index in [2.05, 4.69) is 12.6 Å². The first-order chi connectivity index (χ1) is 5.37. The first kappa shape index (κ1) is 11.4. The summed E-state index contributed by atoms with van der Waals surface area (Å²) in [6.07, 6.45) is -0.588. The highest BCUT2D eigenvalue weighted by Gasteiger charge is 2.26. The number of thiol groups is 1. The molecule has 2 N–H and O–H groups in total. The molecule has 0 heterocycles. The van der Waals surface area contributed by atoms with Crippen LogP contribution >= 0.6 is 12.6 Å². The largest absolute Gasteiger partial charge is 0.481 e. The van der Waals surface area contributed by atoms with Crippen molar-refractivity contribution in [3.05, 3.63) is 0 Å². The van der Waals surface area contributed by atoms with E-state index in [-0.39, 0.29) is 18.0 Å². The molecule has 0 aromatic rings. The van der Waals surface area contributed by atoms with Crippen molar-refractivity contribution >= 4 is 24.4 Å². The topological polar surface area (TPSA) is 74.6 Å². The Morgan fingerprint density at radius 3 is 2.25 bits per heavy atom. The summed E-state index contributed by atoms with van der Waals surface area (Å²) in [6.45, 7) is 1.32. The summed E-state index contributed by atoms with van der Waals surface area (Å²) >= 11 is 3.71. The standard InChI is InChI=1S/C7H12O4S/c1-7(11,3-6(9)10)2-5(8)4-12/h11-12H,2-4H2,1H3,(H,9,10)/t7-/m1/s1. The molecule has 0 radical (unpaired) electrons. The zero-order chi connectivity index (χ0) is 9.78. The normalized spacial score (nSPS) is 15.2. The molecule has 0 rings (SSSR count). The first-order valence-corrected chi connectivity index (χ1v) is 4.07. The molecule has 0 fully saturated rings. The van der Waals surface area contributed by atoms with Gasteiger partial charge in [-0.05, 0) is 6.92 Å². The SMILES string of the molecule is C[C@](O)(CC(=O)O)CC(=O)CS. The zero-order valence-electron chi connectivity index (χ0n) is 6.78. The second-order valence-electron chi connectivity index (χ2n) is 2.94. The van der Waals surface area contributed by atoms with Crippen LogP contribution in [0.1, 0.15) is 19.8 Å². The number of hydrogen-bond acceptors (Lipinski definition) is 4. The third-order valence-corrected chi connectivity index (χ3v) is 1.64. The molecule has 4 nitrogen and oxygen atoms in total. The van der Waals surface area contributed by atoms with Crippen LogP contribution in [0.25, 0.3) is 0 Å². The summed E-state index contributed by atoms with van der Waals surface area (Å²) in [5, 5.41) is 17.7. The minimum atomic E-state index is -1.45. The Bertz CT molecular complexity index is 188. The lowest BCUT2D eigenvalue weighted by Gasteiger charge is -2.19. The van der Waals surface area contributed by atoms with Crippen molar-refractivity contribution in [1.29, 1.82) is 0 Å². The Morgan fingerprint density at radius 1 is 1.42 bits per heavy atom. The molecular formula is C7H12O4S. The van der Waals surface area contributed by atoms with Crippen molar-refractivity contribution in [3.8, 4) is 0 Å². The van der Waals surface area contributed by atoms with Crippen LogP contribution < -0.4 is 0 Å². The predicted octanol–water partition coefficient (Wildman–Crippen LogP) is 0.101. The summed E-state index contributed by atoms with van der Waals surface area (Å²) < 4.78 is 0. The van der Waals surface area contributed by atoms with Gasteiger partial charge in [0.05, 0.1) is 12.0 Å². The predicted molar refractivity (Wildman–Crippen MR) is 46.4 cm³/mol. The first-order valence-electron chi connectivity index (χ1n) is 3.44. The summed E-state index contributed by atoms with van der Waals surface area (Å²) in [5.74, 6) is -1.35. The summed E-state index contributed by atoms with van der Waals surface area (Å²) in [6, 6.07) is 0. The molecule has 0 saturated carbocycles.